The first-order valence-electron chi connectivity index (χ1n) is 5.02. The summed E-state index contributed by atoms with van der Waals surface area (Å²) in [6, 6.07) is 2.18. The largest absolute Gasteiger partial charge is 0.306 e. The van der Waals surface area contributed by atoms with Crippen LogP contribution in [0.2, 0.25) is 0 Å². The van der Waals surface area contributed by atoms with Gasteiger partial charge in [0.1, 0.15) is 5.01 Å². The lowest BCUT2D eigenvalue weighted by molar-refractivity contribution is 0.697. The maximum absolute atomic E-state index is 4.32. The third kappa shape index (κ3) is 3.13. The van der Waals surface area contributed by atoms with Gasteiger partial charge in [-0.2, -0.15) is 0 Å². The van der Waals surface area contributed by atoms with Crippen molar-refractivity contribution in [2.24, 2.45) is 0 Å². The maximum atomic E-state index is 4.32. The van der Waals surface area contributed by atoms with Crippen LogP contribution in [0.4, 0.5) is 0 Å². The highest BCUT2D eigenvalue weighted by Gasteiger charge is 2.03. The van der Waals surface area contributed by atoms with E-state index in [1.54, 1.807) is 11.3 Å². The Labute approximate surface area is 112 Å². The van der Waals surface area contributed by atoms with E-state index in [2.05, 4.69) is 46.1 Å². The Morgan fingerprint density at radius 1 is 1.31 bits per heavy atom. The second-order valence-corrected chi connectivity index (χ2v) is 7.10. The molecule has 16 heavy (non-hydrogen) atoms. The van der Waals surface area contributed by atoms with Crippen molar-refractivity contribution in [3.05, 3.63) is 36.4 Å². The van der Waals surface area contributed by atoms with Crippen LogP contribution in [-0.2, 0) is 13.1 Å². The molecule has 0 saturated heterocycles. The number of nitrogens with zero attached hydrogens (tertiary/aromatic N) is 1. The van der Waals surface area contributed by atoms with Crippen LogP contribution < -0.4 is 5.32 Å². The molecule has 0 atom stereocenters. The molecular formula is C11H13BrN2S2. The molecule has 0 radical (unpaired) electrons. The van der Waals surface area contributed by atoms with Gasteiger partial charge in [0.05, 0.1) is 0 Å². The van der Waals surface area contributed by atoms with E-state index in [1.165, 1.54) is 19.1 Å². The Morgan fingerprint density at radius 3 is 2.69 bits per heavy atom. The lowest BCUT2D eigenvalue weighted by Gasteiger charge is -1.98. The second kappa shape index (κ2) is 5.40. The Hall–Kier alpha value is -0.230. The minimum Gasteiger partial charge on any atom is -0.306 e. The monoisotopic (exact) mass is 316 g/mol. The third-order valence-electron chi connectivity index (χ3n) is 2.15. The number of hydrogen-bond donors (Lipinski definition) is 1. The van der Waals surface area contributed by atoms with Crippen LogP contribution in [-0.4, -0.2) is 4.98 Å². The van der Waals surface area contributed by atoms with Crippen LogP contribution in [0.5, 0.6) is 0 Å². The highest BCUT2D eigenvalue weighted by molar-refractivity contribution is 9.10. The van der Waals surface area contributed by atoms with Crippen LogP contribution in [0.1, 0.15) is 19.6 Å². The van der Waals surface area contributed by atoms with Gasteiger partial charge in [0.2, 0.25) is 0 Å². The van der Waals surface area contributed by atoms with Crippen molar-refractivity contribution in [3.63, 3.8) is 0 Å². The van der Waals surface area contributed by atoms with E-state index in [4.69, 9.17) is 0 Å². The number of thiophene rings is 1. The number of nitrogens with one attached hydrogen (secondary N) is 1. The zero-order chi connectivity index (χ0) is 11.5. The minimum absolute atomic E-state index is 0.854. The Bertz CT molecular complexity index is 457. The van der Waals surface area contributed by atoms with Crippen LogP contribution in [0.25, 0.3) is 0 Å². The molecule has 2 heterocycles. The van der Waals surface area contributed by atoms with Crippen LogP contribution in [0.3, 0.4) is 0 Å². The van der Waals surface area contributed by atoms with E-state index in [-0.39, 0.29) is 0 Å². The van der Waals surface area contributed by atoms with Gasteiger partial charge in [-0.3, -0.25) is 0 Å². The summed E-state index contributed by atoms with van der Waals surface area (Å²) >= 11 is 7.11. The molecule has 86 valence electrons. The third-order valence-corrected chi connectivity index (χ3v) is 5.20. The molecule has 0 aliphatic rings. The number of halogens is 1. The minimum atomic E-state index is 0.854. The van der Waals surface area contributed by atoms with Crippen LogP contribution in [0.15, 0.2) is 16.7 Å². The van der Waals surface area contributed by atoms with Gasteiger partial charge in [-0.25, -0.2) is 4.98 Å². The van der Waals surface area contributed by atoms with Gasteiger partial charge in [0.25, 0.3) is 0 Å². The Morgan fingerprint density at radius 2 is 2.12 bits per heavy atom. The van der Waals surface area contributed by atoms with E-state index >= 15 is 0 Å². The molecular weight excluding hydrogens is 304 g/mol. The van der Waals surface area contributed by atoms with E-state index in [0.717, 1.165) is 18.1 Å². The molecule has 0 bridgehead atoms. The molecule has 2 nitrogen and oxygen atoms in total. The number of hydrogen-bond acceptors (Lipinski definition) is 4. The zero-order valence-corrected chi connectivity index (χ0v) is 12.4. The smallest absolute Gasteiger partial charge is 0.107 e. The van der Waals surface area contributed by atoms with Crippen molar-refractivity contribution in [1.29, 1.82) is 0 Å². The normalized spacial score (nSPS) is 10.9. The standard InChI is InChI=1S/C11H13BrN2S2/c1-7-4-14-11(15-7)6-13-5-9-3-10(12)8(2)16-9/h3-4,13H,5-6H2,1-2H3. The quantitative estimate of drug-likeness (QED) is 0.926. The Kier molecular flexibility index (Phi) is 4.13. The molecule has 0 unspecified atom stereocenters. The number of aromatic nitrogens is 1. The molecule has 0 saturated carbocycles. The number of thiazole rings is 1. The van der Waals surface area contributed by atoms with Crippen molar-refractivity contribution in [3.8, 4) is 0 Å². The summed E-state index contributed by atoms with van der Waals surface area (Å²) in [5.74, 6) is 0. The molecule has 2 aromatic rings. The van der Waals surface area contributed by atoms with Gasteiger partial charge in [-0.15, -0.1) is 22.7 Å². The number of aryl methyl sites for hydroxylation is 2. The lowest BCUT2D eigenvalue weighted by atomic mass is 10.4. The average Bonchev–Trinajstić information content (AvgIpc) is 2.75. The van der Waals surface area contributed by atoms with Crippen molar-refractivity contribution >= 4 is 38.6 Å². The summed E-state index contributed by atoms with van der Waals surface area (Å²) in [6.07, 6.45) is 1.92. The SMILES string of the molecule is Cc1cnc(CNCc2cc(Br)c(C)s2)s1. The number of rotatable bonds is 4. The average molecular weight is 317 g/mol. The predicted molar refractivity (Wildman–Crippen MR) is 74.2 cm³/mol. The van der Waals surface area contributed by atoms with Gasteiger partial charge < -0.3 is 5.32 Å². The van der Waals surface area contributed by atoms with Gasteiger partial charge >= 0.3 is 0 Å². The van der Waals surface area contributed by atoms with Crippen molar-refractivity contribution < 1.29 is 0 Å². The molecule has 2 rings (SSSR count). The summed E-state index contributed by atoms with van der Waals surface area (Å²) in [7, 11) is 0. The first-order chi connectivity index (χ1) is 7.65. The van der Waals surface area contributed by atoms with Gasteiger partial charge in [-0.1, -0.05) is 0 Å². The predicted octanol–water partition coefficient (Wildman–Crippen LogP) is 3.87. The van der Waals surface area contributed by atoms with Crippen molar-refractivity contribution in [1.82, 2.24) is 10.3 Å². The molecule has 0 amide bonds. The molecule has 1 N–H and O–H groups in total. The lowest BCUT2D eigenvalue weighted by Crippen LogP contribution is -2.11. The molecule has 0 fully saturated rings. The van der Waals surface area contributed by atoms with Gasteiger partial charge in [0.15, 0.2) is 0 Å². The van der Waals surface area contributed by atoms with E-state index in [0.29, 0.717) is 0 Å². The zero-order valence-electron chi connectivity index (χ0n) is 9.21. The molecule has 0 aliphatic carbocycles. The Balaban J connectivity index is 1.84. The van der Waals surface area contributed by atoms with Crippen molar-refractivity contribution in [2.45, 2.75) is 26.9 Å². The van der Waals surface area contributed by atoms with Gasteiger partial charge in [-0.05, 0) is 35.8 Å². The topological polar surface area (TPSA) is 24.9 Å². The highest BCUT2D eigenvalue weighted by atomic mass is 79.9. The fraction of sp³-hybridized carbons (Fsp3) is 0.364. The molecule has 2 aromatic heterocycles. The summed E-state index contributed by atoms with van der Waals surface area (Å²) in [5, 5.41) is 4.57. The first-order valence-corrected chi connectivity index (χ1v) is 7.44. The molecule has 0 spiro atoms. The van der Waals surface area contributed by atoms with Crippen LogP contribution >= 0.6 is 38.6 Å². The molecule has 0 aliphatic heterocycles. The molecule has 5 heteroatoms. The summed E-state index contributed by atoms with van der Waals surface area (Å²) in [5.41, 5.74) is 0. The highest BCUT2D eigenvalue weighted by Crippen LogP contribution is 2.26. The second-order valence-electron chi connectivity index (χ2n) is 3.59. The fourth-order valence-corrected chi connectivity index (χ4v) is 3.71. The fourth-order valence-electron chi connectivity index (χ4n) is 1.38. The van der Waals surface area contributed by atoms with Crippen LogP contribution in [0, 0.1) is 13.8 Å². The first kappa shape index (κ1) is 12.2. The molecule has 0 aromatic carbocycles. The maximum Gasteiger partial charge on any atom is 0.107 e. The van der Waals surface area contributed by atoms with E-state index in [1.807, 2.05) is 17.5 Å². The summed E-state index contributed by atoms with van der Waals surface area (Å²) in [4.78, 5) is 8.28. The van der Waals surface area contributed by atoms with E-state index in [9.17, 15) is 0 Å². The van der Waals surface area contributed by atoms with Crippen molar-refractivity contribution in [2.75, 3.05) is 0 Å². The van der Waals surface area contributed by atoms with Gasteiger partial charge in [0, 0.05) is 38.4 Å². The van der Waals surface area contributed by atoms with E-state index < -0.39 is 0 Å². The summed E-state index contributed by atoms with van der Waals surface area (Å²) < 4.78 is 1.21. The summed E-state index contributed by atoms with van der Waals surface area (Å²) in [6.45, 7) is 5.98.